The third-order valence-corrected chi connectivity index (χ3v) is 6.20. The SMILES string of the molecule is CCN(c1ccccc1)S(=O)(=O)c1cccc(C(=O)N2CCOCC2)c1. The molecule has 0 saturated carbocycles. The second-order valence-electron chi connectivity index (χ2n) is 5.94. The van der Waals surface area contributed by atoms with E-state index in [4.69, 9.17) is 4.74 Å². The molecule has 7 heteroatoms. The summed E-state index contributed by atoms with van der Waals surface area (Å²) in [5.41, 5.74) is 0.969. The Kier molecular flexibility index (Phi) is 5.58. The van der Waals surface area contributed by atoms with Gasteiger partial charge in [-0.15, -0.1) is 0 Å². The number of sulfonamides is 1. The van der Waals surface area contributed by atoms with Crippen LogP contribution in [0, 0.1) is 0 Å². The van der Waals surface area contributed by atoms with Gasteiger partial charge in [-0.3, -0.25) is 9.10 Å². The molecule has 1 aliphatic rings. The summed E-state index contributed by atoms with van der Waals surface area (Å²) in [6, 6.07) is 15.2. The Hall–Kier alpha value is -2.38. The number of benzene rings is 2. The van der Waals surface area contributed by atoms with E-state index in [1.54, 1.807) is 48.2 Å². The summed E-state index contributed by atoms with van der Waals surface area (Å²) in [5, 5.41) is 0. The molecule has 0 aromatic heterocycles. The molecule has 2 aromatic rings. The number of rotatable bonds is 5. The molecule has 1 fully saturated rings. The normalized spacial score (nSPS) is 14.9. The summed E-state index contributed by atoms with van der Waals surface area (Å²) in [6.07, 6.45) is 0. The fraction of sp³-hybridized carbons (Fsp3) is 0.316. The lowest BCUT2D eigenvalue weighted by atomic mass is 10.2. The molecule has 0 bridgehead atoms. The Balaban J connectivity index is 1.92. The largest absolute Gasteiger partial charge is 0.378 e. The molecule has 3 rings (SSSR count). The molecule has 0 unspecified atom stereocenters. The molecule has 0 spiro atoms. The maximum Gasteiger partial charge on any atom is 0.264 e. The number of amides is 1. The number of nitrogens with zero attached hydrogens (tertiary/aromatic N) is 2. The smallest absolute Gasteiger partial charge is 0.264 e. The van der Waals surface area contributed by atoms with Crippen molar-refractivity contribution in [3.8, 4) is 0 Å². The first-order chi connectivity index (χ1) is 12.5. The van der Waals surface area contributed by atoms with Crippen LogP contribution >= 0.6 is 0 Å². The number of carbonyl (C=O) groups is 1. The Labute approximate surface area is 154 Å². The Morgan fingerprint density at radius 1 is 1.08 bits per heavy atom. The van der Waals surface area contributed by atoms with Gasteiger partial charge in [-0.1, -0.05) is 24.3 Å². The van der Waals surface area contributed by atoms with Crippen LogP contribution in [0.2, 0.25) is 0 Å². The minimum atomic E-state index is -3.75. The lowest BCUT2D eigenvalue weighted by molar-refractivity contribution is 0.0302. The molecule has 1 heterocycles. The van der Waals surface area contributed by atoms with Crippen LogP contribution in [0.3, 0.4) is 0 Å². The minimum absolute atomic E-state index is 0.113. The van der Waals surface area contributed by atoms with Crippen molar-refractivity contribution in [3.63, 3.8) is 0 Å². The van der Waals surface area contributed by atoms with Gasteiger partial charge in [-0.05, 0) is 37.3 Å². The van der Waals surface area contributed by atoms with Crippen molar-refractivity contribution in [2.75, 3.05) is 37.2 Å². The zero-order valence-corrected chi connectivity index (χ0v) is 15.5. The van der Waals surface area contributed by atoms with E-state index in [9.17, 15) is 13.2 Å². The number of para-hydroxylation sites is 1. The third-order valence-electron chi connectivity index (χ3n) is 4.30. The van der Waals surface area contributed by atoms with Gasteiger partial charge in [0, 0.05) is 25.2 Å². The van der Waals surface area contributed by atoms with Gasteiger partial charge in [0.25, 0.3) is 15.9 Å². The first-order valence-electron chi connectivity index (χ1n) is 8.59. The van der Waals surface area contributed by atoms with Crippen LogP contribution in [0.4, 0.5) is 5.69 Å². The number of carbonyl (C=O) groups excluding carboxylic acids is 1. The average Bonchev–Trinajstić information content (AvgIpc) is 2.69. The van der Waals surface area contributed by atoms with Crippen LogP contribution in [0.1, 0.15) is 17.3 Å². The van der Waals surface area contributed by atoms with Gasteiger partial charge in [0.1, 0.15) is 0 Å². The molecule has 0 atom stereocenters. The summed E-state index contributed by atoms with van der Waals surface area (Å²) in [4.78, 5) is 14.4. The predicted molar refractivity (Wildman–Crippen MR) is 99.8 cm³/mol. The lowest BCUT2D eigenvalue weighted by Crippen LogP contribution is -2.40. The van der Waals surface area contributed by atoms with Crippen LogP contribution in [-0.2, 0) is 14.8 Å². The van der Waals surface area contributed by atoms with Crippen molar-refractivity contribution >= 4 is 21.6 Å². The van der Waals surface area contributed by atoms with Crippen molar-refractivity contribution in [1.82, 2.24) is 4.90 Å². The fourth-order valence-corrected chi connectivity index (χ4v) is 4.47. The van der Waals surface area contributed by atoms with Gasteiger partial charge in [0.2, 0.25) is 0 Å². The molecule has 0 radical (unpaired) electrons. The first kappa shape index (κ1) is 18.4. The van der Waals surface area contributed by atoms with Gasteiger partial charge < -0.3 is 9.64 Å². The topological polar surface area (TPSA) is 66.9 Å². The quantitative estimate of drug-likeness (QED) is 0.806. The highest BCUT2D eigenvalue weighted by atomic mass is 32.2. The van der Waals surface area contributed by atoms with Crippen molar-refractivity contribution in [2.24, 2.45) is 0 Å². The Bertz CT molecular complexity index is 862. The summed E-state index contributed by atoms with van der Waals surface area (Å²) in [6.45, 7) is 4.12. The van der Waals surface area contributed by atoms with Crippen molar-refractivity contribution in [1.29, 1.82) is 0 Å². The molecular formula is C19H22N2O4S. The van der Waals surface area contributed by atoms with Crippen molar-refractivity contribution in [2.45, 2.75) is 11.8 Å². The van der Waals surface area contributed by atoms with Crippen LogP contribution in [-0.4, -0.2) is 52.1 Å². The summed E-state index contributed by atoms with van der Waals surface area (Å²) < 4.78 is 32.8. The van der Waals surface area contributed by atoms with E-state index in [2.05, 4.69) is 0 Å². The summed E-state index contributed by atoms with van der Waals surface area (Å²) >= 11 is 0. The zero-order valence-electron chi connectivity index (χ0n) is 14.7. The molecule has 26 heavy (non-hydrogen) atoms. The predicted octanol–water partition coefficient (Wildman–Crippen LogP) is 2.37. The summed E-state index contributed by atoms with van der Waals surface area (Å²) in [5.74, 6) is -0.173. The molecule has 138 valence electrons. The highest BCUT2D eigenvalue weighted by molar-refractivity contribution is 7.92. The maximum atomic E-state index is 13.1. The van der Waals surface area contributed by atoms with Crippen LogP contribution in [0.15, 0.2) is 59.5 Å². The van der Waals surface area contributed by atoms with E-state index in [1.165, 1.54) is 16.4 Å². The second-order valence-corrected chi connectivity index (χ2v) is 7.80. The minimum Gasteiger partial charge on any atom is -0.378 e. The van der Waals surface area contributed by atoms with E-state index in [-0.39, 0.29) is 10.8 Å². The van der Waals surface area contributed by atoms with Crippen molar-refractivity contribution < 1.29 is 17.9 Å². The van der Waals surface area contributed by atoms with E-state index in [0.717, 1.165) is 0 Å². The Morgan fingerprint density at radius 2 is 1.77 bits per heavy atom. The fourth-order valence-electron chi connectivity index (χ4n) is 2.95. The molecule has 1 aliphatic heterocycles. The standard InChI is InChI=1S/C19H22N2O4S/c1-2-21(17-8-4-3-5-9-17)26(23,24)18-10-6-7-16(15-18)19(22)20-11-13-25-14-12-20/h3-10,15H,2,11-14H2,1H3. The van der Waals surface area contributed by atoms with Crippen LogP contribution < -0.4 is 4.31 Å². The molecule has 1 amide bonds. The second kappa shape index (κ2) is 7.88. The third kappa shape index (κ3) is 3.73. The molecule has 6 nitrogen and oxygen atoms in total. The van der Waals surface area contributed by atoms with E-state index in [1.807, 2.05) is 6.07 Å². The van der Waals surface area contributed by atoms with Gasteiger partial charge in [-0.2, -0.15) is 0 Å². The molecule has 1 saturated heterocycles. The maximum absolute atomic E-state index is 13.1. The lowest BCUT2D eigenvalue weighted by Gasteiger charge is -2.27. The highest BCUT2D eigenvalue weighted by Gasteiger charge is 2.25. The van der Waals surface area contributed by atoms with Gasteiger partial charge in [0.15, 0.2) is 0 Å². The van der Waals surface area contributed by atoms with Gasteiger partial charge in [0.05, 0.1) is 23.8 Å². The highest BCUT2D eigenvalue weighted by Crippen LogP contribution is 2.24. The van der Waals surface area contributed by atoms with Crippen LogP contribution in [0.5, 0.6) is 0 Å². The van der Waals surface area contributed by atoms with Crippen LogP contribution in [0.25, 0.3) is 0 Å². The number of hydrogen-bond donors (Lipinski definition) is 0. The number of morpholine rings is 1. The summed E-state index contributed by atoms with van der Waals surface area (Å²) in [7, 11) is -3.75. The first-order valence-corrected chi connectivity index (χ1v) is 10.0. The Morgan fingerprint density at radius 3 is 2.42 bits per heavy atom. The van der Waals surface area contributed by atoms with E-state index >= 15 is 0 Å². The zero-order chi connectivity index (χ0) is 18.6. The number of ether oxygens (including phenoxy) is 1. The molecule has 2 aromatic carbocycles. The molecule has 0 N–H and O–H groups in total. The molecular weight excluding hydrogens is 352 g/mol. The van der Waals surface area contributed by atoms with E-state index < -0.39 is 10.0 Å². The van der Waals surface area contributed by atoms with Crippen molar-refractivity contribution in [3.05, 3.63) is 60.2 Å². The van der Waals surface area contributed by atoms with Gasteiger partial charge in [-0.25, -0.2) is 8.42 Å². The monoisotopic (exact) mass is 374 g/mol. The van der Waals surface area contributed by atoms with E-state index in [0.29, 0.717) is 44.1 Å². The molecule has 0 aliphatic carbocycles. The number of hydrogen-bond acceptors (Lipinski definition) is 4. The number of anilines is 1. The average molecular weight is 374 g/mol. The van der Waals surface area contributed by atoms with Gasteiger partial charge >= 0.3 is 0 Å².